The molecule has 1 heterocycles. The van der Waals surface area contributed by atoms with Gasteiger partial charge in [-0.2, -0.15) is 0 Å². The molecular weight excluding hydrogens is 138 g/mol. The van der Waals surface area contributed by atoms with E-state index in [1.807, 2.05) is 12.1 Å². The van der Waals surface area contributed by atoms with E-state index in [-0.39, 0.29) is 5.41 Å². The Balaban J connectivity index is 2.19. The summed E-state index contributed by atoms with van der Waals surface area (Å²) in [5, 5.41) is 0. The maximum Gasteiger partial charge on any atom is 0.109 e. The molecule has 1 saturated carbocycles. The maximum atomic E-state index is 5.57. The van der Waals surface area contributed by atoms with Crippen LogP contribution in [0.2, 0.25) is 0 Å². The minimum Gasteiger partial charge on any atom is -0.469 e. The summed E-state index contributed by atoms with van der Waals surface area (Å²) in [5.74, 6) is 1.72. The molecule has 0 aromatic carbocycles. The molecule has 0 spiro atoms. The van der Waals surface area contributed by atoms with Crippen molar-refractivity contribution in [3.05, 3.63) is 24.2 Å². The van der Waals surface area contributed by atoms with Crippen molar-refractivity contribution in [2.24, 2.45) is 11.7 Å². The summed E-state index contributed by atoms with van der Waals surface area (Å²) in [5.41, 5.74) is 5.82. The molecule has 1 aliphatic rings. The van der Waals surface area contributed by atoms with Crippen LogP contribution in [0.25, 0.3) is 0 Å². The first-order valence-electron chi connectivity index (χ1n) is 4.01. The van der Waals surface area contributed by atoms with Crippen molar-refractivity contribution in [2.75, 3.05) is 6.54 Å². The number of hydrogen-bond donors (Lipinski definition) is 1. The summed E-state index contributed by atoms with van der Waals surface area (Å²) in [4.78, 5) is 0. The van der Waals surface area contributed by atoms with Gasteiger partial charge >= 0.3 is 0 Å². The van der Waals surface area contributed by atoms with Gasteiger partial charge in [-0.1, -0.05) is 6.92 Å². The van der Waals surface area contributed by atoms with E-state index in [0.717, 1.165) is 12.3 Å². The minimum atomic E-state index is 0.248. The predicted molar refractivity (Wildman–Crippen MR) is 43.2 cm³/mol. The van der Waals surface area contributed by atoms with E-state index in [1.165, 1.54) is 6.42 Å². The van der Waals surface area contributed by atoms with E-state index in [0.29, 0.717) is 5.92 Å². The van der Waals surface area contributed by atoms with Crippen LogP contribution in [0.15, 0.2) is 22.8 Å². The zero-order valence-electron chi connectivity index (χ0n) is 6.71. The number of furan rings is 1. The van der Waals surface area contributed by atoms with Gasteiger partial charge in [-0.05, 0) is 31.0 Å². The molecule has 2 rings (SSSR count). The SMILES string of the molecule is CC1(c2ccco2)CC1CN. The molecule has 2 nitrogen and oxygen atoms in total. The molecule has 11 heavy (non-hydrogen) atoms. The van der Waals surface area contributed by atoms with Crippen molar-refractivity contribution < 1.29 is 4.42 Å². The quantitative estimate of drug-likeness (QED) is 0.696. The van der Waals surface area contributed by atoms with Crippen LogP contribution in [0.4, 0.5) is 0 Å². The summed E-state index contributed by atoms with van der Waals surface area (Å²) < 4.78 is 5.34. The fourth-order valence-electron chi connectivity index (χ4n) is 1.70. The molecule has 2 atom stereocenters. The van der Waals surface area contributed by atoms with Crippen molar-refractivity contribution in [3.8, 4) is 0 Å². The van der Waals surface area contributed by atoms with Crippen LogP contribution in [0.1, 0.15) is 19.1 Å². The molecule has 0 bridgehead atoms. The van der Waals surface area contributed by atoms with Crippen LogP contribution in [0, 0.1) is 5.92 Å². The molecule has 2 N–H and O–H groups in total. The largest absolute Gasteiger partial charge is 0.469 e. The molecule has 0 saturated heterocycles. The van der Waals surface area contributed by atoms with E-state index >= 15 is 0 Å². The first kappa shape index (κ1) is 6.92. The van der Waals surface area contributed by atoms with Gasteiger partial charge in [-0.3, -0.25) is 0 Å². The molecular formula is C9H13NO. The lowest BCUT2D eigenvalue weighted by Crippen LogP contribution is -2.10. The first-order valence-corrected chi connectivity index (χ1v) is 4.01. The van der Waals surface area contributed by atoms with Crippen LogP contribution in [-0.2, 0) is 5.41 Å². The lowest BCUT2D eigenvalue weighted by molar-refractivity contribution is 0.449. The summed E-state index contributed by atoms with van der Waals surface area (Å²) >= 11 is 0. The highest BCUT2D eigenvalue weighted by atomic mass is 16.3. The van der Waals surface area contributed by atoms with Crippen LogP contribution in [0.3, 0.4) is 0 Å². The second kappa shape index (κ2) is 2.11. The molecule has 1 fully saturated rings. The number of hydrogen-bond acceptors (Lipinski definition) is 2. The molecule has 2 unspecified atom stereocenters. The van der Waals surface area contributed by atoms with Gasteiger partial charge in [0, 0.05) is 5.41 Å². The molecule has 60 valence electrons. The fraction of sp³-hybridized carbons (Fsp3) is 0.556. The lowest BCUT2D eigenvalue weighted by atomic mass is 10.0. The normalized spacial score (nSPS) is 35.6. The molecule has 0 radical (unpaired) electrons. The van der Waals surface area contributed by atoms with Gasteiger partial charge in [0.15, 0.2) is 0 Å². The Morgan fingerprint density at radius 1 is 1.82 bits per heavy atom. The Bertz CT molecular complexity index is 242. The number of nitrogens with two attached hydrogens (primary N) is 1. The smallest absolute Gasteiger partial charge is 0.109 e. The monoisotopic (exact) mass is 151 g/mol. The van der Waals surface area contributed by atoms with Gasteiger partial charge in [-0.25, -0.2) is 0 Å². The minimum absolute atomic E-state index is 0.248. The second-order valence-corrected chi connectivity index (χ2v) is 3.53. The summed E-state index contributed by atoms with van der Waals surface area (Å²) in [6.07, 6.45) is 2.91. The van der Waals surface area contributed by atoms with Gasteiger partial charge in [0.25, 0.3) is 0 Å². The zero-order chi connectivity index (χ0) is 7.90. The van der Waals surface area contributed by atoms with Gasteiger partial charge in [0.2, 0.25) is 0 Å². The van der Waals surface area contributed by atoms with E-state index in [2.05, 4.69) is 6.92 Å². The highest BCUT2D eigenvalue weighted by molar-refractivity contribution is 5.24. The maximum absolute atomic E-state index is 5.57. The van der Waals surface area contributed by atoms with E-state index in [4.69, 9.17) is 10.2 Å². The Morgan fingerprint density at radius 3 is 3.09 bits per heavy atom. The van der Waals surface area contributed by atoms with Crippen molar-refractivity contribution in [1.82, 2.24) is 0 Å². The van der Waals surface area contributed by atoms with Crippen LogP contribution in [0.5, 0.6) is 0 Å². The van der Waals surface area contributed by atoms with Gasteiger partial charge in [-0.15, -0.1) is 0 Å². The van der Waals surface area contributed by atoms with E-state index in [1.54, 1.807) is 6.26 Å². The Kier molecular flexibility index (Phi) is 1.33. The molecule has 0 aliphatic heterocycles. The van der Waals surface area contributed by atoms with Gasteiger partial charge in [0.1, 0.15) is 5.76 Å². The third-order valence-corrected chi connectivity index (χ3v) is 2.78. The number of rotatable bonds is 2. The zero-order valence-corrected chi connectivity index (χ0v) is 6.71. The van der Waals surface area contributed by atoms with Gasteiger partial charge in [0.05, 0.1) is 6.26 Å². The van der Waals surface area contributed by atoms with Crippen LogP contribution >= 0.6 is 0 Å². The first-order chi connectivity index (χ1) is 5.27. The Morgan fingerprint density at radius 2 is 2.64 bits per heavy atom. The molecule has 1 aromatic heterocycles. The fourth-order valence-corrected chi connectivity index (χ4v) is 1.70. The molecule has 1 aromatic rings. The third kappa shape index (κ3) is 0.897. The summed E-state index contributed by atoms with van der Waals surface area (Å²) in [7, 11) is 0. The van der Waals surface area contributed by atoms with Crippen LogP contribution in [-0.4, -0.2) is 6.54 Å². The lowest BCUT2D eigenvalue weighted by Gasteiger charge is -2.04. The Labute approximate surface area is 66.4 Å². The van der Waals surface area contributed by atoms with Gasteiger partial charge < -0.3 is 10.2 Å². The summed E-state index contributed by atoms with van der Waals surface area (Å²) in [6, 6.07) is 3.97. The van der Waals surface area contributed by atoms with Crippen molar-refractivity contribution in [2.45, 2.75) is 18.8 Å². The predicted octanol–water partition coefficient (Wildman–Crippen LogP) is 1.52. The molecule has 1 aliphatic carbocycles. The van der Waals surface area contributed by atoms with Crippen molar-refractivity contribution in [1.29, 1.82) is 0 Å². The van der Waals surface area contributed by atoms with Crippen LogP contribution < -0.4 is 5.73 Å². The highest BCUT2D eigenvalue weighted by Crippen LogP contribution is 2.53. The average molecular weight is 151 g/mol. The van der Waals surface area contributed by atoms with E-state index in [9.17, 15) is 0 Å². The topological polar surface area (TPSA) is 39.2 Å². The highest BCUT2D eigenvalue weighted by Gasteiger charge is 2.52. The molecule has 2 heteroatoms. The molecule has 0 amide bonds. The summed E-state index contributed by atoms with van der Waals surface area (Å²) in [6.45, 7) is 2.99. The average Bonchev–Trinajstić information content (AvgIpc) is 2.55. The van der Waals surface area contributed by atoms with E-state index < -0.39 is 0 Å². The third-order valence-electron chi connectivity index (χ3n) is 2.78. The van der Waals surface area contributed by atoms with Crippen molar-refractivity contribution in [3.63, 3.8) is 0 Å². The van der Waals surface area contributed by atoms with Crippen molar-refractivity contribution >= 4 is 0 Å². The second-order valence-electron chi connectivity index (χ2n) is 3.53. The Hall–Kier alpha value is -0.760. The standard InChI is InChI=1S/C9H13NO/c1-9(5-7(9)6-10)8-3-2-4-11-8/h2-4,7H,5-6,10H2,1H3.